The van der Waals surface area contributed by atoms with Crippen LogP contribution in [-0.4, -0.2) is 4.98 Å². The molecule has 1 atom stereocenters. The molecule has 2 aromatic rings. The lowest BCUT2D eigenvalue weighted by Gasteiger charge is -2.13. The lowest BCUT2D eigenvalue weighted by atomic mass is 10.0. The highest BCUT2D eigenvalue weighted by atomic mass is 127. The minimum absolute atomic E-state index is 0.0312. The second kappa shape index (κ2) is 5.60. The van der Waals surface area contributed by atoms with E-state index in [1.54, 1.807) is 6.20 Å². The smallest absolute Gasteiger partial charge is 0.0603 e. The van der Waals surface area contributed by atoms with Crippen LogP contribution in [0.4, 0.5) is 0 Å². The summed E-state index contributed by atoms with van der Waals surface area (Å²) in [6, 6.07) is 12.4. The summed E-state index contributed by atoms with van der Waals surface area (Å²) >= 11 is 2.30. The molecule has 2 nitrogen and oxygen atoms in total. The molecule has 1 unspecified atom stereocenters. The monoisotopic (exact) mass is 338 g/mol. The molecule has 0 aliphatic heterocycles. The zero-order chi connectivity index (χ0) is 12.3. The van der Waals surface area contributed by atoms with Crippen LogP contribution in [0.5, 0.6) is 0 Å². The van der Waals surface area contributed by atoms with E-state index < -0.39 is 0 Å². The summed E-state index contributed by atoms with van der Waals surface area (Å²) in [4.78, 5) is 4.37. The van der Waals surface area contributed by atoms with Crippen LogP contribution in [0.2, 0.25) is 0 Å². The maximum atomic E-state index is 6.20. The zero-order valence-corrected chi connectivity index (χ0v) is 11.9. The number of pyridine rings is 1. The Labute approximate surface area is 115 Å². The van der Waals surface area contributed by atoms with Crippen molar-refractivity contribution in [3.8, 4) is 0 Å². The number of nitrogens with two attached hydrogens (primary N) is 1. The molecule has 1 aromatic heterocycles. The van der Waals surface area contributed by atoms with Gasteiger partial charge in [-0.25, -0.2) is 0 Å². The largest absolute Gasteiger partial charge is 0.322 e. The molecule has 2 N–H and O–H groups in total. The van der Waals surface area contributed by atoms with E-state index in [-0.39, 0.29) is 6.04 Å². The van der Waals surface area contributed by atoms with Gasteiger partial charge in [0.15, 0.2) is 0 Å². The Balaban J connectivity index is 2.14. The minimum Gasteiger partial charge on any atom is -0.322 e. The lowest BCUT2D eigenvalue weighted by molar-refractivity contribution is 0.690. The van der Waals surface area contributed by atoms with Crippen molar-refractivity contribution in [1.82, 2.24) is 4.98 Å². The summed E-state index contributed by atoms with van der Waals surface area (Å²) in [5, 5.41) is 0. The first-order chi connectivity index (χ1) is 8.16. The second-order valence-electron chi connectivity index (χ2n) is 4.14. The number of aromatic nitrogens is 1. The third-order valence-electron chi connectivity index (χ3n) is 2.77. The topological polar surface area (TPSA) is 38.9 Å². The van der Waals surface area contributed by atoms with Gasteiger partial charge in [0, 0.05) is 9.77 Å². The van der Waals surface area contributed by atoms with Gasteiger partial charge < -0.3 is 5.73 Å². The van der Waals surface area contributed by atoms with Crippen molar-refractivity contribution < 1.29 is 0 Å². The Kier molecular flexibility index (Phi) is 4.12. The number of halogens is 1. The molecular weight excluding hydrogens is 323 g/mol. The average molecular weight is 338 g/mol. The molecule has 0 saturated heterocycles. The number of benzene rings is 1. The summed E-state index contributed by atoms with van der Waals surface area (Å²) in [5.74, 6) is 0. The van der Waals surface area contributed by atoms with Gasteiger partial charge in [0.25, 0.3) is 0 Å². The van der Waals surface area contributed by atoms with Gasteiger partial charge in [0.1, 0.15) is 0 Å². The van der Waals surface area contributed by atoms with Crippen LogP contribution in [0.3, 0.4) is 0 Å². The lowest BCUT2D eigenvalue weighted by Crippen LogP contribution is -2.16. The van der Waals surface area contributed by atoms with E-state index in [9.17, 15) is 0 Å². The summed E-state index contributed by atoms with van der Waals surface area (Å²) in [5.41, 5.74) is 9.60. The van der Waals surface area contributed by atoms with E-state index in [1.165, 1.54) is 9.13 Å². The fourth-order valence-electron chi connectivity index (χ4n) is 1.86. The van der Waals surface area contributed by atoms with Gasteiger partial charge >= 0.3 is 0 Å². The molecular formula is C14H15IN2. The van der Waals surface area contributed by atoms with Gasteiger partial charge in [0.05, 0.1) is 11.7 Å². The highest BCUT2D eigenvalue weighted by Crippen LogP contribution is 2.17. The van der Waals surface area contributed by atoms with Crippen molar-refractivity contribution in [2.45, 2.75) is 19.4 Å². The maximum Gasteiger partial charge on any atom is 0.0603 e. The predicted molar refractivity (Wildman–Crippen MR) is 78.8 cm³/mol. The molecule has 0 amide bonds. The molecule has 3 heteroatoms. The highest BCUT2D eigenvalue weighted by Gasteiger charge is 2.10. The Morgan fingerprint density at radius 1 is 1.24 bits per heavy atom. The number of hydrogen-bond acceptors (Lipinski definition) is 2. The summed E-state index contributed by atoms with van der Waals surface area (Å²) in [7, 11) is 0. The Morgan fingerprint density at radius 3 is 2.59 bits per heavy atom. The first-order valence-electron chi connectivity index (χ1n) is 5.58. The quantitative estimate of drug-likeness (QED) is 0.873. The van der Waals surface area contributed by atoms with Crippen LogP contribution in [0.15, 0.2) is 42.6 Å². The molecule has 0 radical (unpaired) electrons. The third kappa shape index (κ3) is 3.26. The van der Waals surface area contributed by atoms with Crippen molar-refractivity contribution >= 4 is 22.6 Å². The average Bonchev–Trinajstić information content (AvgIpc) is 2.32. The number of rotatable bonds is 3. The van der Waals surface area contributed by atoms with Crippen LogP contribution < -0.4 is 5.73 Å². The fraction of sp³-hybridized carbons (Fsp3) is 0.214. The SMILES string of the molecule is Cc1cccnc1C(N)Cc1ccc(I)cc1. The van der Waals surface area contributed by atoms with E-state index in [1.807, 2.05) is 6.07 Å². The summed E-state index contributed by atoms with van der Waals surface area (Å²) in [6.45, 7) is 2.05. The maximum absolute atomic E-state index is 6.20. The van der Waals surface area contributed by atoms with Gasteiger partial charge in [-0.3, -0.25) is 4.98 Å². The highest BCUT2D eigenvalue weighted by molar-refractivity contribution is 14.1. The van der Waals surface area contributed by atoms with Crippen molar-refractivity contribution in [1.29, 1.82) is 0 Å². The molecule has 0 aliphatic rings. The van der Waals surface area contributed by atoms with Crippen LogP contribution in [0.1, 0.15) is 22.9 Å². The standard InChI is InChI=1S/C14H15IN2/c1-10-3-2-8-17-14(10)13(16)9-11-4-6-12(15)7-5-11/h2-8,13H,9,16H2,1H3. The zero-order valence-electron chi connectivity index (χ0n) is 9.73. The third-order valence-corrected chi connectivity index (χ3v) is 3.49. The molecule has 0 fully saturated rings. The van der Waals surface area contributed by atoms with Crippen LogP contribution >= 0.6 is 22.6 Å². The van der Waals surface area contributed by atoms with Gasteiger partial charge in [-0.05, 0) is 65.3 Å². The molecule has 0 saturated carbocycles. The van der Waals surface area contributed by atoms with Gasteiger partial charge in [-0.1, -0.05) is 18.2 Å². The molecule has 17 heavy (non-hydrogen) atoms. The van der Waals surface area contributed by atoms with E-state index in [0.29, 0.717) is 0 Å². The van der Waals surface area contributed by atoms with Crippen LogP contribution in [-0.2, 0) is 6.42 Å². The Bertz CT molecular complexity index is 494. The summed E-state index contributed by atoms with van der Waals surface area (Å²) in [6.07, 6.45) is 2.63. The van der Waals surface area contributed by atoms with E-state index in [4.69, 9.17) is 5.73 Å². The predicted octanol–water partition coefficient (Wildman–Crippen LogP) is 3.24. The van der Waals surface area contributed by atoms with Gasteiger partial charge in [-0.15, -0.1) is 0 Å². The Morgan fingerprint density at radius 2 is 1.94 bits per heavy atom. The van der Waals surface area contributed by atoms with Crippen molar-refractivity contribution in [3.63, 3.8) is 0 Å². The first kappa shape index (κ1) is 12.5. The van der Waals surface area contributed by atoms with Gasteiger partial charge in [-0.2, -0.15) is 0 Å². The van der Waals surface area contributed by atoms with Gasteiger partial charge in [0.2, 0.25) is 0 Å². The van der Waals surface area contributed by atoms with Crippen molar-refractivity contribution in [2.75, 3.05) is 0 Å². The second-order valence-corrected chi connectivity index (χ2v) is 5.39. The van der Waals surface area contributed by atoms with E-state index in [2.05, 4.69) is 64.8 Å². The number of aryl methyl sites for hydroxylation is 1. The first-order valence-corrected chi connectivity index (χ1v) is 6.66. The normalized spacial score (nSPS) is 12.4. The van der Waals surface area contributed by atoms with Crippen LogP contribution in [0.25, 0.3) is 0 Å². The Hall–Kier alpha value is -0.940. The van der Waals surface area contributed by atoms with E-state index >= 15 is 0 Å². The molecule has 0 spiro atoms. The number of nitrogens with zero attached hydrogens (tertiary/aromatic N) is 1. The fourth-order valence-corrected chi connectivity index (χ4v) is 2.22. The minimum atomic E-state index is -0.0312. The molecule has 88 valence electrons. The number of hydrogen-bond donors (Lipinski definition) is 1. The molecule has 2 rings (SSSR count). The molecule has 0 aliphatic carbocycles. The molecule has 0 bridgehead atoms. The molecule has 1 heterocycles. The summed E-state index contributed by atoms with van der Waals surface area (Å²) < 4.78 is 1.24. The van der Waals surface area contributed by atoms with Crippen molar-refractivity contribution in [3.05, 3.63) is 63.0 Å². The van der Waals surface area contributed by atoms with Crippen molar-refractivity contribution in [2.24, 2.45) is 5.73 Å². The van der Waals surface area contributed by atoms with Crippen LogP contribution in [0, 0.1) is 10.5 Å². The molecule has 1 aromatic carbocycles. The van der Waals surface area contributed by atoms with E-state index in [0.717, 1.165) is 17.7 Å².